The van der Waals surface area contributed by atoms with Crippen LogP contribution in [0.3, 0.4) is 0 Å². The van der Waals surface area contributed by atoms with E-state index >= 15 is 0 Å². The number of ketones is 3. The maximum atomic E-state index is 12.4. The summed E-state index contributed by atoms with van der Waals surface area (Å²) in [5, 5.41) is 0. The number of hydrogen-bond donors (Lipinski definition) is 0. The van der Waals surface area contributed by atoms with E-state index in [9.17, 15) is 14.4 Å². The molecule has 0 heterocycles. The van der Waals surface area contributed by atoms with Gasteiger partial charge in [-0.2, -0.15) is 0 Å². The van der Waals surface area contributed by atoms with Gasteiger partial charge in [-0.1, -0.05) is 82.6 Å². The zero-order chi connectivity index (χ0) is 22.8. The topological polar surface area (TPSA) is 51.2 Å². The van der Waals surface area contributed by atoms with Gasteiger partial charge < -0.3 is 0 Å². The molecule has 2 aromatic rings. The van der Waals surface area contributed by atoms with Gasteiger partial charge in [0, 0.05) is 35.4 Å². The van der Waals surface area contributed by atoms with Crippen LogP contribution in [0, 0.1) is 11.8 Å². The number of carbonyl (C=O) groups is 3. The molecule has 0 aliphatic carbocycles. The number of Topliss-reactive ketones (excluding diaryl/α,β-unsaturated/α-hetero) is 3. The highest BCUT2D eigenvalue weighted by Gasteiger charge is 2.11. The molecule has 3 heteroatoms. The molecule has 0 amide bonds. The second-order valence-electron chi connectivity index (χ2n) is 9.13. The fourth-order valence-corrected chi connectivity index (χ4v) is 3.59. The van der Waals surface area contributed by atoms with Crippen LogP contribution in [0.5, 0.6) is 0 Å². The molecule has 0 saturated carbocycles. The molecule has 0 radical (unpaired) electrons. The average Bonchev–Trinajstić information content (AvgIpc) is 2.76. The maximum absolute atomic E-state index is 12.4. The van der Waals surface area contributed by atoms with Crippen molar-refractivity contribution in [1.29, 1.82) is 0 Å². The molecule has 0 N–H and O–H groups in total. The fourth-order valence-electron chi connectivity index (χ4n) is 3.59. The Labute approximate surface area is 187 Å². The fraction of sp³-hybridized carbons (Fsp3) is 0.464. The van der Waals surface area contributed by atoms with E-state index in [-0.39, 0.29) is 23.3 Å². The average molecular weight is 421 g/mol. The first kappa shape index (κ1) is 24.7. The molecule has 2 rings (SSSR count). The van der Waals surface area contributed by atoms with E-state index in [1.54, 1.807) is 24.3 Å². The van der Waals surface area contributed by atoms with Crippen LogP contribution in [-0.4, -0.2) is 17.3 Å². The lowest BCUT2D eigenvalue weighted by atomic mass is 9.97. The van der Waals surface area contributed by atoms with E-state index < -0.39 is 0 Å². The van der Waals surface area contributed by atoms with E-state index in [1.165, 1.54) is 5.56 Å². The zero-order valence-corrected chi connectivity index (χ0v) is 19.4. The molecule has 0 fully saturated rings. The molecule has 0 aliphatic heterocycles. The van der Waals surface area contributed by atoms with Gasteiger partial charge in [0.25, 0.3) is 0 Å². The second kappa shape index (κ2) is 12.3. The Kier molecular flexibility index (Phi) is 9.84. The van der Waals surface area contributed by atoms with Crippen molar-refractivity contribution in [3.8, 4) is 0 Å². The molecule has 0 aliphatic rings. The summed E-state index contributed by atoms with van der Waals surface area (Å²) in [6.07, 6.45) is 5.68. The SMILES string of the molecule is CC(C)CCCC(=O)c1ccc(C(=O)CCCCc2ccc(C(=O)C(C)C)cc2)cc1. The van der Waals surface area contributed by atoms with Crippen LogP contribution < -0.4 is 0 Å². The van der Waals surface area contributed by atoms with Crippen molar-refractivity contribution in [3.05, 3.63) is 70.8 Å². The van der Waals surface area contributed by atoms with Gasteiger partial charge in [-0.05, 0) is 37.2 Å². The van der Waals surface area contributed by atoms with Crippen LogP contribution in [0.15, 0.2) is 48.5 Å². The number of unbranched alkanes of at least 4 members (excludes halogenated alkanes) is 1. The van der Waals surface area contributed by atoms with Crippen molar-refractivity contribution in [2.24, 2.45) is 11.8 Å². The molecule has 2 aromatic carbocycles. The Morgan fingerprint density at radius 3 is 1.61 bits per heavy atom. The highest BCUT2D eigenvalue weighted by molar-refractivity contribution is 5.99. The molecular weight excluding hydrogens is 384 g/mol. The predicted octanol–water partition coefficient (Wildman–Crippen LogP) is 7.13. The van der Waals surface area contributed by atoms with Crippen LogP contribution in [0.25, 0.3) is 0 Å². The van der Waals surface area contributed by atoms with E-state index in [0.29, 0.717) is 29.9 Å². The molecule has 0 unspecified atom stereocenters. The second-order valence-corrected chi connectivity index (χ2v) is 9.13. The molecule has 0 saturated heterocycles. The van der Waals surface area contributed by atoms with Gasteiger partial charge in [0.05, 0.1) is 0 Å². The molecule has 3 nitrogen and oxygen atoms in total. The predicted molar refractivity (Wildman–Crippen MR) is 127 cm³/mol. The summed E-state index contributed by atoms with van der Waals surface area (Å²) < 4.78 is 0. The zero-order valence-electron chi connectivity index (χ0n) is 19.4. The Balaban J connectivity index is 1.75. The third-order valence-corrected chi connectivity index (χ3v) is 5.60. The van der Waals surface area contributed by atoms with Crippen LogP contribution in [0.1, 0.15) is 103 Å². The number of benzene rings is 2. The summed E-state index contributed by atoms with van der Waals surface area (Å²) in [6.45, 7) is 8.15. The van der Waals surface area contributed by atoms with Crippen LogP contribution in [0.2, 0.25) is 0 Å². The van der Waals surface area contributed by atoms with E-state index in [4.69, 9.17) is 0 Å². The summed E-state index contributed by atoms with van der Waals surface area (Å²) in [5.74, 6) is 1.06. The van der Waals surface area contributed by atoms with Gasteiger partial charge in [-0.25, -0.2) is 0 Å². The Hall–Kier alpha value is -2.55. The molecule has 31 heavy (non-hydrogen) atoms. The van der Waals surface area contributed by atoms with Crippen LogP contribution >= 0.6 is 0 Å². The first-order valence-electron chi connectivity index (χ1n) is 11.6. The normalized spacial score (nSPS) is 11.2. The quantitative estimate of drug-likeness (QED) is 0.256. The summed E-state index contributed by atoms with van der Waals surface area (Å²) in [6, 6.07) is 14.9. The highest BCUT2D eigenvalue weighted by atomic mass is 16.1. The minimum atomic E-state index is 0.00826. The smallest absolute Gasteiger partial charge is 0.165 e. The number of carbonyl (C=O) groups excluding carboxylic acids is 3. The first-order valence-corrected chi connectivity index (χ1v) is 11.6. The summed E-state index contributed by atoms with van der Waals surface area (Å²) >= 11 is 0. The lowest BCUT2D eigenvalue weighted by Gasteiger charge is -2.07. The van der Waals surface area contributed by atoms with Gasteiger partial charge in [-0.15, -0.1) is 0 Å². The summed E-state index contributed by atoms with van der Waals surface area (Å²) in [4.78, 5) is 36.7. The van der Waals surface area contributed by atoms with Crippen molar-refractivity contribution >= 4 is 17.3 Å². The largest absolute Gasteiger partial charge is 0.294 e. The molecule has 0 bridgehead atoms. The van der Waals surface area contributed by atoms with Crippen LogP contribution in [-0.2, 0) is 6.42 Å². The lowest BCUT2D eigenvalue weighted by Crippen LogP contribution is -2.07. The molecule has 166 valence electrons. The Morgan fingerprint density at radius 2 is 1.13 bits per heavy atom. The van der Waals surface area contributed by atoms with Gasteiger partial charge in [0.2, 0.25) is 0 Å². The van der Waals surface area contributed by atoms with Crippen molar-refractivity contribution < 1.29 is 14.4 Å². The van der Waals surface area contributed by atoms with Crippen molar-refractivity contribution in [3.63, 3.8) is 0 Å². The summed E-state index contributed by atoms with van der Waals surface area (Å²) in [7, 11) is 0. The van der Waals surface area contributed by atoms with Gasteiger partial charge in [0.1, 0.15) is 0 Å². The van der Waals surface area contributed by atoms with Gasteiger partial charge in [-0.3, -0.25) is 14.4 Å². The Bertz CT molecular complexity index is 858. The minimum absolute atomic E-state index is 0.00826. The first-order chi connectivity index (χ1) is 14.8. The van der Waals surface area contributed by atoms with E-state index in [0.717, 1.165) is 37.7 Å². The third-order valence-electron chi connectivity index (χ3n) is 5.60. The standard InChI is InChI=1S/C28H36O3/c1-20(2)8-7-11-27(30)24-18-16-23(17-19-24)26(29)10-6-5-9-22-12-14-25(15-13-22)28(31)21(3)4/h12-21H,5-11H2,1-4H3. The summed E-state index contributed by atoms with van der Waals surface area (Å²) in [5.41, 5.74) is 3.32. The van der Waals surface area contributed by atoms with Crippen LogP contribution in [0.4, 0.5) is 0 Å². The van der Waals surface area contributed by atoms with Gasteiger partial charge in [0.15, 0.2) is 17.3 Å². The number of aryl methyl sites for hydroxylation is 1. The van der Waals surface area contributed by atoms with Crippen molar-refractivity contribution in [2.75, 3.05) is 0 Å². The van der Waals surface area contributed by atoms with E-state index in [2.05, 4.69) is 13.8 Å². The number of rotatable bonds is 13. The molecule has 0 atom stereocenters. The lowest BCUT2D eigenvalue weighted by molar-refractivity contribution is 0.0937. The third kappa shape index (κ3) is 8.24. The maximum Gasteiger partial charge on any atom is 0.165 e. The van der Waals surface area contributed by atoms with Gasteiger partial charge >= 0.3 is 0 Å². The van der Waals surface area contributed by atoms with Crippen molar-refractivity contribution in [1.82, 2.24) is 0 Å². The molecule has 0 aromatic heterocycles. The van der Waals surface area contributed by atoms with E-state index in [1.807, 2.05) is 38.1 Å². The Morgan fingerprint density at radius 1 is 0.645 bits per heavy atom. The minimum Gasteiger partial charge on any atom is -0.294 e. The number of hydrogen-bond acceptors (Lipinski definition) is 3. The molecular formula is C28H36O3. The van der Waals surface area contributed by atoms with Crippen molar-refractivity contribution in [2.45, 2.75) is 72.6 Å². The molecule has 0 spiro atoms. The monoisotopic (exact) mass is 420 g/mol. The highest BCUT2D eigenvalue weighted by Crippen LogP contribution is 2.15.